The molecule has 2 rings (SSSR count). The summed E-state index contributed by atoms with van der Waals surface area (Å²) in [5, 5.41) is 11.7. The number of carboxylic acid groups (broad SMARTS) is 1. The highest BCUT2D eigenvalue weighted by atomic mass is 16.7. The average molecular weight is 404 g/mol. The van der Waals surface area contributed by atoms with Crippen molar-refractivity contribution >= 4 is 18.0 Å². The Labute approximate surface area is 173 Å². The Morgan fingerprint density at radius 1 is 1.07 bits per heavy atom. The molecule has 0 bridgehead atoms. The van der Waals surface area contributed by atoms with E-state index in [1.807, 2.05) is 30.3 Å². The van der Waals surface area contributed by atoms with E-state index in [1.165, 1.54) is 19.3 Å². The molecule has 6 heteroatoms. The fraction of sp³-hybridized carbons (Fsp3) is 0.565. The molecule has 160 valence electrons. The molecule has 1 amide bonds. The minimum absolute atomic E-state index is 0.164. The Hall–Kier alpha value is -2.18. The van der Waals surface area contributed by atoms with Gasteiger partial charge in [-0.05, 0) is 25.8 Å². The number of carbonyl (C=O) groups excluding carboxylic acids is 1. The van der Waals surface area contributed by atoms with Gasteiger partial charge in [0.25, 0.3) is 0 Å². The van der Waals surface area contributed by atoms with E-state index in [4.69, 9.17) is 9.47 Å². The van der Waals surface area contributed by atoms with Crippen LogP contribution in [0, 0.1) is 0 Å². The fourth-order valence-corrected chi connectivity index (χ4v) is 3.18. The van der Waals surface area contributed by atoms with Crippen molar-refractivity contribution in [3.63, 3.8) is 0 Å². The van der Waals surface area contributed by atoms with Crippen LogP contribution in [0.3, 0.4) is 0 Å². The van der Waals surface area contributed by atoms with Crippen LogP contribution in [0.4, 0.5) is 4.79 Å². The number of amides is 1. The topological polar surface area (TPSA) is 84.9 Å². The molecule has 0 atom stereocenters. The largest absolute Gasteiger partial charge is 0.465 e. The van der Waals surface area contributed by atoms with Gasteiger partial charge >= 0.3 is 6.09 Å². The van der Waals surface area contributed by atoms with Gasteiger partial charge in [0.1, 0.15) is 5.54 Å². The second-order valence-electron chi connectivity index (χ2n) is 8.11. The predicted octanol–water partition coefficient (Wildman–Crippen LogP) is 5.03. The van der Waals surface area contributed by atoms with Crippen LogP contribution in [0.15, 0.2) is 30.3 Å². The Morgan fingerprint density at radius 2 is 1.69 bits per heavy atom. The van der Waals surface area contributed by atoms with E-state index in [0.29, 0.717) is 12.0 Å². The van der Waals surface area contributed by atoms with Crippen molar-refractivity contribution in [2.24, 2.45) is 0 Å². The van der Waals surface area contributed by atoms with Crippen LogP contribution in [0.1, 0.15) is 75.2 Å². The number of ketones is 1. The van der Waals surface area contributed by atoms with Crippen molar-refractivity contribution in [3.8, 4) is 0 Å². The van der Waals surface area contributed by atoms with Crippen molar-refractivity contribution in [3.05, 3.63) is 41.5 Å². The summed E-state index contributed by atoms with van der Waals surface area (Å²) >= 11 is 0. The van der Waals surface area contributed by atoms with E-state index in [9.17, 15) is 14.7 Å². The maximum atomic E-state index is 12.3. The molecule has 0 aromatic heterocycles. The summed E-state index contributed by atoms with van der Waals surface area (Å²) in [5.74, 6) is -0.576. The SMILES string of the molecule is CCCCCCCC(=O)c1ccc(/C=C/C2(NC(=O)O)COC(C)(C)OC2)cc1. The van der Waals surface area contributed by atoms with Crippen molar-refractivity contribution in [2.75, 3.05) is 13.2 Å². The standard InChI is InChI=1S/C23H33NO5/c1-4-5-6-7-8-9-20(25)19-12-10-18(11-13-19)14-15-23(24-21(26)27)16-28-22(2,3)29-17-23/h10-15,24H,4-9,16-17H2,1-3H3,(H,26,27)/b15-14+. The highest BCUT2D eigenvalue weighted by Gasteiger charge is 2.39. The van der Waals surface area contributed by atoms with Crippen LogP contribution in [-0.4, -0.2) is 41.5 Å². The van der Waals surface area contributed by atoms with Crippen LogP contribution >= 0.6 is 0 Å². The minimum atomic E-state index is -1.14. The third kappa shape index (κ3) is 7.63. The monoisotopic (exact) mass is 403 g/mol. The van der Waals surface area contributed by atoms with Gasteiger partial charge in [-0.3, -0.25) is 4.79 Å². The smallest absolute Gasteiger partial charge is 0.405 e. The first kappa shape index (κ1) is 23.1. The molecule has 2 N–H and O–H groups in total. The van der Waals surface area contributed by atoms with Gasteiger partial charge in [-0.25, -0.2) is 4.79 Å². The average Bonchev–Trinajstić information content (AvgIpc) is 2.68. The molecule has 1 aromatic rings. The van der Waals surface area contributed by atoms with Gasteiger partial charge in [0.05, 0.1) is 13.2 Å². The first-order chi connectivity index (χ1) is 13.8. The highest BCUT2D eigenvalue weighted by molar-refractivity contribution is 5.96. The number of hydrogen-bond acceptors (Lipinski definition) is 4. The Bertz CT molecular complexity index is 698. The quantitative estimate of drug-likeness (QED) is 0.423. The number of hydrogen-bond donors (Lipinski definition) is 2. The summed E-state index contributed by atoms with van der Waals surface area (Å²) in [4.78, 5) is 23.5. The molecular weight excluding hydrogens is 370 g/mol. The zero-order valence-corrected chi connectivity index (χ0v) is 17.7. The summed E-state index contributed by atoms with van der Waals surface area (Å²) in [6, 6.07) is 7.37. The van der Waals surface area contributed by atoms with Gasteiger partial charge in [0, 0.05) is 12.0 Å². The van der Waals surface area contributed by atoms with E-state index >= 15 is 0 Å². The molecule has 0 spiro atoms. The van der Waals surface area contributed by atoms with Gasteiger partial charge in [-0.2, -0.15) is 0 Å². The minimum Gasteiger partial charge on any atom is -0.465 e. The number of nitrogens with one attached hydrogen (secondary N) is 1. The van der Waals surface area contributed by atoms with Crippen LogP contribution in [0.5, 0.6) is 0 Å². The summed E-state index contributed by atoms with van der Waals surface area (Å²) in [6.45, 7) is 6.12. The molecule has 0 radical (unpaired) electrons. The Balaban J connectivity index is 1.96. The summed E-state index contributed by atoms with van der Waals surface area (Å²) < 4.78 is 11.3. The van der Waals surface area contributed by atoms with E-state index in [0.717, 1.165) is 18.4 Å². The molecule has 1 aliphatic heterocycles. The Morgan fingerprint density at radius 3 is 2.28 bits per heavy atom. The number of carbonyl (C=O) groups is 2. The number of Topliss-reactive ketones (excluding diaryl/α,β-unsaturated/α-hetero) is 1. The molecule has 1 saturated heterocycles. The lowest BCUT2D eigenvalue weighted by Gasteiger charge is -2.41. The molecular formula is C23H33NO5. The molecule has 0 saturated carbocycles. The first-order valence-corrected chi connectivity index (χ1v) is 10.4. The van der Waals surface area contributed by atoms with Gasteiger partial charge < -0.3 is 19.9 Å². The molecule has 1 aliphatic rings. The summed E-state index contributed by atoms with van der Waals surface area (Å²) in [7, 11) is 0. The van der Waals surface area contributed by atoms with E-state index < -0.39 is 17.4 Å². The van der Waals surface area contributed by atoms with Crippen molar-refractivity contribution in [1.29, 1.82) is 0 Å². The van der Waals surface area contributed by atoms with E-state index in [-0.39, 0.29) is 19.0 Å². The maximum Gasteiger partial charge on any atom is 0.405 e. The molecule has 0 aliphatic carbocycles. The zero-order chi connectivity index (χ0) is 21.3. The fourth-order valence-electron chi connectivity index (χ4n) is 3.18. The molecule has 6 nitrogen and oxygen atoms in total. The van der Waals surface area contributed by atoms with E-state index in [1.54, 1.807) is 19.9 Å². The normalized spacial score (nSPS) is 17.9. The van der Waals surface area contributed by atoms with Crippen molar-refractivity contribution in [1.82, 2.24) is 5.32 Å². The van der Waals surface area contributed by atoms with Crippen molar-refractivity contribution in [2.45, 2.75) is 70.6 Å². The molecule has 0 unspecified atom stereocenters. The van der Waals surface area contributed by atoms with Crippen LogP contribution in [0.25, 0.3) is 6.08 Å². The maximum absolute atomic E-state index is 12.3. The van der Waals surface area contributed by atoms with Gasteiger partial charge in [0.2, 0.25) is 0 Å². The number of benzene rings is 1. The lowest BCUT2D eigenvalue weighted by molar-refractivity contribution is -0.263. The Kier molecular flexibility index (Phi) is 8.41. The third-order valence-corrected chi connectivity index (χ3v) is 5.05. The van der Waals surface area contributed by atoms with Crippen LogP contribution in [0.2, 0.25) is 0 Å². The predicted molar refractivity (Wildman–Crippen MR) is 113 cm³/mol. The zero-order valence-electron chi connectivity index (χ0n) is 17.7. The highest BCUT2D eigenvalue weighted by Crippen LogP contribution is 2.25. The lowest BCUT2D eigenvalue weighted by Crippen LogP contribution is -2.59. The van der Waals surface area contributed by atoms with Gasteiger partial charge in [-0.1, -0.05) is 69.0 Å². The summed E-state index contributed by atoms with van der Waals surface area (Å²) in [5.41, 5.74) is 0.636. The summed E-state index contributed by atoms with van der Waals surface area (Å²) in [6.07, 6.45) is 8.64. The lowest BCUT2D eigenvalue weighted by atomic mass is 9.97. The number of ether oxygens (including phenoxy) is 2. The van der Waals surface area contributed by atoms with Crippen LogP contribution in [-0.2, 0) is 9.47 Å². The van der Waals surface area contributed by atoms with Gasteiger partial charge in [-0.15, -0.1) is 0 Å². The molecule has 29 heavy (non-hydrogen) atoms. The third-order valence-electron chi connectivity index (χ3n) is 5.05. The van der Waals surface area contributed by atoms with Crippen LogP contribution < -0.4 is 5.32 Å². The second kappa shape index (κ2) is 10.6. The van der Waals surface area contributed by atoms with Crippen molar-refractivity contribution < 1.29 is 24.2 Å². The molecule has 1 aromatic carbocycles. The first-order valence-electron chi connectivity index (χ1n) is 10.4. The molecule has 1 heterocycles. The second-order valence-corrected chi connectivity index (χ2v) is 8.11. The number of unbranched alkanes of at least 4 members (excludes halogenated alkanes) is 4. The van der Waals surface area contributed by atoms with E-state index in [2.05, 4.69) is 12.2 Å². The molecule has 1 fully saturated rings. The number of rotatable bonds is 10. The van der Waals surface area contributed by atoms with Gasteiger partial charge in [0.15, 0.2) is 11.6 Å².